The van der Waals surface area contributed by atoms with Crippen LogP contribution in [0.2, 0.25) is 0 Å². The number of rotatable bonds is 2. The van der Waals surface area contributed by atoms with E-state index in [1.807, 2.05) is 30.3 Å². The van der Waals surface area contributed by atoms with E-state index in [1.165, 1.54) is 17.7 Å². The van der Waals surface area contributed by atoms with Gasteiger partial charge in [0.25, 0.3) is 0 Å². The molecule has 1 nitrogen and oxygen atoms in total. The molecule has 1 aliphatic heterocycles. The molecular weight excluding hydrogens is 263 g/mol. The lowest BCUT2D eigenvalue weighted by atomic mass is 10.1. The monoisotopic (exact) mass is 277 g/mol. The molecule has 0 unspecified atom stereocenters. The van der Waals surface area contributed by atoms with E-state index in [1.54, 1.807) is 6.07 Å². The lowest BCUT2D eigenvalue weighted by Crippen LogP contribution is -2.15. The molecule has 2 aromatic rings. The van der Waals surface area contributed by atoms with Crippen molar-refractivity contribution < 1.29 is 13.2 Å². The Morgan fingerprint density at radius 1 is 0.900 bits per heavy atom. The molecule has 0 aliphatic carbocycles. The molecule has 0 N–H and O–H groups in total. The maximum absolute atomic E-state index is 12.7. The average molecular weight is 277 g/mol. The fourth-order valence-corrected chi connectivity index (χ4v) is 2.59. The number of hydrogen-bond donors (Lipinski definition) is 0. The van der Waals surface area contributed by atoms with Crippen molar-refractivity contribution in [3.05, 3.63) is 70.8 Å². The zero-order chi connectivity index (χ0) is 14.2. The predicted molar refractivity (Wildman–Crippen MR) is 70.8 cm³/mol. The van der Waals surface area contributed by atoms with Gasteiger partial charge in [-0.15, -0.1) is 0 Å². The van der Waals surface area contributed by atoms with Gasteiger partial charge in [0, 0.05) is 19.6 Å². The molecule has 0 amide bonds. The molecule has 1 heterocycles. The van der Waals surface area contributed by atoms with Gasteiger partial charge in [-0.05, 0) is 28.8 Å². The third-order valence-electron chi connectivity index (χ3n) is 3.57. The third kappa shape index (κ3) is 2.70. The van der Waals surface area contributed by atoms with Gasteiger partial charge in [0.15, 0.2) is 0 Å². The van der Waals surface area contributed by atoms with Crippen LogP contribution in [0.4, 0.5) is 13.2 Å². The first kappa shape index (κ1) is 13.2. The molecule has 20 heavy (non-hydrogen) atoms. The van der Waals surface area contributed by atoms with Crippen molar-refractivity contribution in [1.82, 2.24) is 4.90 Å². The summed E-state index contributed by atoms with van der Waals surface area (Å²) in [6, 6.07) is 14.0. The second kappa shape index (κ2) is 4.94. The van der Waals surface area contributed by atoms with Crippen LogP contribution in [-0.2, 0) is 25.8 Å². The predicted octanol–water partition coefficient (Wildman–Crippen LogP) is 4.22. The van der Waals surface area contributed by atoms with E-state index in [0.717, 1.165) is 17.7 Å². The van der Waals surface area contributed by atoms with Crippen molar-refractivity contribution >= 4 is 0 Å². The first-order valence-electron chi connectivity index (χ1n) is 6.48. The smallest absolute Gasteiger partial charge is 0.291 e. The number of halogens is 3. The van der Waals surface area contributed by atoms with Crippen LogP contribution >= 0.6 is 0 Å². The number of hydrogen-bond acceptors (Lipinski definition) is 1. The summed E-state index contributed by atoms with van der Waals surface area (Å²) >= 11 is 0. The Bertz CT molecular complexity index is 605. The Balaban J connectivity index is 1.76. The van der Waals surface area contributed by atoms with Crippen LogP contribution in [0.3, 0.4) is 0 Å². The summed E-state index contributed by atoms with van der Waals surface area (Å²) < 4.78 is 38.1. The van der Waals surface area contributed by atoms with Crippen LogP contribution in [0.1, 0.15) is 22.3 Å². The van der Waals surface area contributed by atoms with Gasteiger partial charge < -0.3 is 0 Å². The Hall–Kier alpha value is -1.81. The number of fused-ring (bicyclic) bond motifs is 1. The molecule has 0 aromatic heterocycles. The van der Waals surface area contributed by atoms with Crippen molar-refractivity contribution in [2.45, 2.75) is 25.8 Å². The maximum atomic E-state index is 12.7. The summed E-state index contributed by atoms with van der Waals surface area (Å²) in [5.41, 5.74) is 2.40. The highest BCUT2D eigenvalue weighted by Crippen LogP contribution is 2.33. The fraction of sp³-hybridized carbons (Fsp3) is 0.250. The second-order valence-electron chi connectivity index (χ2n) is 5.11. The van der Waals surface area contributed by atoms with Gasteiger partial charge in [0.05, 0.1) is 5.56 Å². The summed E-state index contributed by atoms with van der Waals surface area (Å²) in [7, 11) is 0. The molecule has 0 radical (unpaired) electrons. The summed E-state index contributed by atoms with van der Waals surface area (Å²) in [5.74, 6) is 0. The first-order valence-corrected chi connectivity index (χ1v) is 6.48. The van der Waals surface area contributed by atoms with Crippen LogP contribution in [0, 0.1) is 0 Å². The van der Waals surface area contributed by atoms with Gasteiger partial charge >= 0.3 is 6.18 Å². The molecule has 1 aliphatic rings. The lowest BCUT2D eigenvalue weighted by molar-refractivity contribution is -0.137. The molecule has 2 aromatic carbocycles. The zero-order valence-corrected chi connectivity index (χ0v) is 10.8. The van der Waals surface area contributed by atoms with Gasteiger partial charge in [-0.2, -0.15) is 13.2 Å². The fourth-order valence-electron chi connectivity index (χ4n) is 2.59. The van der Waals surface area contributed by atoms with Crippen LogP contribution < -0.4 is 0 Å². The molecule has 0 bridgehead atoms. The zero-order valence-electron chi connectivity index (χ0n) is 10.8. The van der Waals surface area contributed by atoms with Crippen molar-refractivity contribution in [2.24, 2.45) is 0 Å². The Kier molecular flexibility index (Phi) is 3.26. The number of benzene rings is 2. The molecule has 0 saturated carbocycles. The Labute approximate surface area is 115 Å². The molecule has 3 rings (SSSR count). The average Bonchev–Trinajstić information content (AvgIpc) is 2.80. The molecule has 104 valence electrons. The van der Waals surface area contributed by atoms with Crippen molar-refractivity contribution in [2.75, 3.05) is 0 Å². The Morgan fingerprint density at radius 2 is 1.60 bits per heavy atom. The molecule has 0 fully saturated rings. The topological polar surface area (TPSA) is 3.24 Å². The van der Waals surface area contributed by atoms with E-state index in [2.05, 4.69) is 4.90 Å². The van der Waals surface area contributed by atoms with Crippen molar-refractivity contribution in [1.29, 1.82) is 0 Å². The van der Waals surface area contributed by atoms with Crippen LogP contribution in [-0.4, -0.2) is 4.90 Å². The Morgan fingerprint density at radius 3 is 2.30 bits per heavy atom. The van der Waals surface area contributed by atoms with E-state index in [-0.39, 0.29) is 0 Å². The van der Waals surface area contributed by atoms with Crippen molar-refractivity contribution in [3.63, 3.8) is 0 Å². The number of alkyl halides is 3. The highest BCUT2D eigenvalue weighted by Gasteiger charge is 2.32. The van der Waals surface area contributed by atoms with Gasteiger partial charge in [0.1, 0.15) is 0 Å². The quantitative estimate of drug-likeness (QED) is 0.794. The van der Waals surface area contributed by atoms with Gasteiger partial charge in [-0.3, -0.25) is 4.90 Å². The van der Waals surface area contributed by atoms with Crippen LogP contribution in [0.5, 0.6) is 0 Å². The lowest BCUT2D eigenvalue weighted by Gasteiger charge is -2.14. The van der Waals surface area contributed by atoms with E-state index >= 15 is 0 Å². The molecule has 0 saturated heterocycles. The minimum atomic E-state index is -4.26. The first-order chi connectivity index (χ1) is 9.52. The highest BCUT2D eigenvalue weighted by atomic mass is 19.4. The van der Waals surface area contributed by atoms with E-state index in [0.29, 0.717) is 13.1 Å². The molecule has 4 heteroatoms. The van der Waals surface area contributed by atoms with E-state index < -0.39 is 11.7 Å². The summed E-state index contributed by atoms with van der Waals surface area (Å²) in [6.07, 6.45) is -4.26. The van der Waals surface area contributed by atoms with Crippen LogP contribution in [0.15, 0.2) is 48.5 Å². The summed E-state index contributed by atoms with van der Waals surface area (Å²) in [4.78, 5) is 2.15. The van der Waals surface area contributed by atoms with E-state index in [4.69, 9.17) is 0 Å². The maximum Gasteiger partial charge on any atom is 0.416 e. The highest BCUT2D eigenvalue weighted by molar-refractivity contribution is 5.36. The third-order valence-corrected chi connectivity index (χ3v) is 3.57. The standard InChI is InChI=1S/C16H14F3N/c17-16(18,19)15-7-6-13-10-20(11-14(13)8-15)9-12-4-2-1-3-5-12/h1-8H,9-11H2. The van der Waals surface area contributed by atoms with Gasteiger partial charge in [-0.25, -0.2) is 0 Å². The van der Waals surface area contributed by atoms with E-state index in [9.17, 15) is 13.2 Å². The van der Waals surface area contributed by atoms with Gasteiger partial charge in [-0.1, -0.05) is 36.4 Å². The summed E-state index contributed by atoms with van der Waals surface area (Å²) in [5, 5.41) is 0. The second-order valence-corrected chi connectivity index (χ2v) is 5.11. The number of nitrogens with zero attached hydrogens (tertiary/aromatic N) is 1. The largest absolute Gasteiger partial charge is 0.416 e. The molecule has 0 atom stereocenters. The molecule has 0 spiro atoms. The van der Waals surface area contributed by atoms with Crippen molar-refractivity contribution in [3.8, 4) is 0 Å². The normalized spacial score (nSPS) is 15.3. The molecular formula is C16H14F3N. The van der Waals surface area contributed by atoms with Crippen LogP contribution in [0.25, 0.3) is 0 Å². The SMILES string of the molecule is FC(F)(F)c1ccc2c(c1)CN(Cc1ccccc1)C2. The van der Waals surface area contributed by atoms with Gasteiger partial charge in [0.2, 0.25) is 0 Å². The summed E-state index contributed by atoms with van der Waals surface area (Å²) in [6.45, 7) is 2.05. The minimum Gasteiger partial charge on any atom is -0.291 e. The minimum absolute atomic E-state index is 0.558.